The number of aliphatic hydroxyl groups is 1. The van der Waals surface area contributed by atoms with Gasteiger partial charge in [0.05, 0.1) is 26.4 Å². The molecule has 0 saturated carbocycles. The molecule has 2 unspecified atom stereocenters. The fourth-order valence-electron chi connectivity index (χ4n) is 11.9. The maximum absolute atomic E-state index is 13.1. The van der Waals surface area contributed by atoms with Gasteiger partial charge in [-0.3, -0.25) is 37.3 Å². The van der Waals surface area contributed by atoms with Crippen LogP contribution in [0.4, 0.5) is 0 Å². The maximum atomic E-state index is 13.1. The van der Waals surface area contributed by atoms with Crippen molar-refractivity contribution in [2.75, 3.05) is 39.6 Å². The highest BCUT2D eigenvalue weighted by molar-refractivity contribution is 7.47. The zero-order valence-corrected chi connectivity index (χ0v) is 65.7. The van der Waals surface area contributed by atoms with E-state index in [0.717, 1.165) is 109 Å². The van der Waals surface area contributed by atoms with Crippen LogP contribution in [0.1, 0.15) is 407 Å². The van der Waals surface area contributed by atoms with E-state index in [0.29, 0.717) is 25.7 Å². The molecule has 19 heteroatoms. The summed E-state index contributed by atoms with van der Waals surface area (Å²) >= 11 is 0. The predicted molar refractivity (Wildman–Crippen MR) is 405 cm³/mol. The van der Waals surface area contributed by atoms with E-state index in [9.17, 15) is 43.2 Å². The van der Waals surface area contributed by atoms with Gasteiger partial charge in [-0.2, -0.15) is 0 Å². The first-order valence-electron chi connectivity index (χ1n) is 41.1. The molecule has 0 aliphatic rings. The molecule has 0 aromatic carbocycles. The third kappa shape index (κ3) is 73.6. The van der Waals surface area contributed by atoms with Gasteiger partial charge < -0.3 is 33.8 Å². The van der Waals surface area contributed by atoms with Crippen molar-refractivity contribution < 1.29 is 80.2 Å². The van der Waals surface area contributed by atoms with Gasteiger partial charge >= 0.3 is 39.5 Å². The van der Waals surface area contributed by atoms with Crippen LogP contribution in [-0.2, 0) is 65.4 Å². The summed E-state index contributed by atoms with van der Waals surface area (Å²) in [6, 6.07) is 0. The number of carbonyl (C=O) groups excluding carboxylic acids is 4. The lowest BCUT2D eigenvalue weighted by molar-refractivity contribution is -0.161. The van der Waals surface area contributed by atoms with Gasteiger partial charge in [-0.25, -0.2) is 9.13 Å². The highest BCUT2D eigenvalue weighted by Gasteiger charge is 2.30. The average molecular weight is 1450 g/mol. The summed E-state index contributed by atoms with van der Waals surface area (Å²) in [6.45, 7) is 4.85. The molecule has 0 aromatic heterocycles. The monoisotopic (exact) mass is 1450 g/mol. The molecule has 0 aromatic rings. The number of esters is 4. The molecule has 0 amide bonds. The number of phosphoric ester groups is 2. The Kier molecular flexibility index (Phi) is 72.0. The number of unbranched alkanes of at least 4 members (excludes halogenated alkanes) is 50. The van der Waals surface area contributed by atoms with E-state index >= 15 is 0 Å². The van der Waals surface area contributed by atoms with Gasteiger partial charge in [0.15, 0.2) is 12.2 Å². The fraction of sp³-hybridized carbons (Fsp3) is 0.900. The molecule has 0 fully saturated rings. The molecule has 0 aliphatic heterocycles. The highest BCUT2D eigenvalue weighted by atomic mass is 31.2. The molecular weight excluding hydrogens is 1290 g/mol. The Bertz CT molecular complexity index is 1970. The molecule has 0 saturated heterocycles. The largest absolute Gasteiger partial charge is 0.472 e. The first kappa shape index (κ1) is 96.5. The number of carbonyl (C=O) groups is 4. The minimum absolute atomic E-state index is 0.0847. The minimum atomic E-state index is -4.96. The molecule has 5 atom stereocenters. The molecule has 0 radical (unpaired) electrons. The van der Waals surface area contributed by atoms with Crippen LogP contribution in [0.25, 0.3) is 0 Å². The summed E-state index contributed by atoms with van der Waals surface area (Å²) in [6.07, 6.45) is 69.4. The Morgan fingerprint density at radius 2 is 0.485 bits per heavy atom. The van der Waals surface area contributed by atoms with Gasteiger partial charge in [0.25, 0.3) is 0 Å². The van der Waals surface area contributed by atoms with Crippen LogP contribution in [-0.4, -0.2) is 96.7 Å². The highest BCUT2D eigenvalue weighted by Crippen LogP contribution is 2.45. The quantitative estimate of drug-likeness (QED) is 0.0169. The number of allylic oxidation sites excluding steroid dienone is 4. The molecule has 0 heterocycles. The van der Waals surface area contributed by atoms with Crippen molar-refractivity contribution in [3.8, 4) is 0 Å². The van der Waals surface area contributed by atoms with Crippen molar-refractivity contribution in [3.05, 3.63) is 24.3 Å². The van der Waals surface area contributed by atoms with E-state index in [-0.39, 0.29) is 25.7 Å². The van der Waals surface area contributed by atoms with Gasteiger partial charge in [-0.15, -0.1) is 0 Å². The van der Waals surface area contributed by atoms with E-state index in [4.69, 9.17) is 37.0 Å². The molecule has 3 N–H and O–H groups in total. The van der Waals surface area contributed by atoms with Crippen LogP contribution in [0.15, 0.2) is 24.3 Å². The maximum Gasteiger partial charge on any atom is 0.472 e. The smallest absolute Gasteiger partial charge is 0.462 e. The number of hydrogen-bond acceptors (Lipinski definition) is 15. The second-order valence-electron chi connectivity index (χ2n) is 28.1. The molecular formula is C80H152O17P2. The molecule has 0 aliphatic carbocycles. The molecule has 99 heavy (non-hydrogen) atoms. The summed E-state index contributed by atoms with van der Waals surface area (Å²) in [5.74, 6) is -2.15. The fourth-order valence-corrected chi connectivity index (χ4v) is 13.5. The zero-order valence-electron chi connectivity index (χ0n) is 64.0. The minimum Gasteiger partial charge on any atom is -0.462 e. The van der Waals surface area contributed by atoms with Crippen molar-refractivity contribution >= 4 is 39.5 Å². The van der Waals surface area contributed by atoms with Crippen LogP contribution in [0.2, 0.25) is 0 Å². The van der Waals surface area contributed by atoms with Gasteiger partial charge in [-0.1, -0.05) is 354 Å². The van der Waals surface area contributed by atoms with Crippen LogP contribution in [0, 0.1) is 0 Å². The second kappa shape index (κ2) is 73.8. The normalized spacial score (nSPS) is 14.0. The lowest BCUT2D eigenvalue weighted by atomic mass is 10.0. The predicted octanol–water partition coefficient (Wildman–Crippen LogP) is 23.7. The Labute approximate surface area is 605 Å². The summed E-state index contributed by atoms with van der Waals surface area (Å²) in [4.78, 5) is 72.6. The third-order valence-corrected chi connectivity index (χ3v) is 20.1. The number of aliphatic hydroxyl groups excluding tert-OH is 1. The topological polar surface area (TPSA) is 237 Å². The molecule has 0 rings (SSSR count). The Morgan fingerprint density at radius 1 is 0.283 bits per heavy atom. The van der Waals surface area contributed by atoms with Crippen molar-refractivity contribution in [2.24, 2.45) is 0 Å². The summed E-state index contributed by atoms with van der Waals surface area (Å²) in [7, 11) is -9.92. The lowest BCUT2D eigenvalue weighted by Crippen LogP contribution is -2.30. The standard InChI is InChI=1S/C80H152O17P2/c1-5-9-13-17-20-23-26-29-32-34-36-37-38-40-43-46-49-52-55-59-63-67-80(85)97-76(71-91-78(83)65-61-57-53-50-47-44-42-39-35-33-30-27-24-21-18-14-10-6-2)73-95-99(88,89)93-69-74(81)68-92-98(86,87)94-72-75(70-90-77(82)64-60-56-16-12-8-4)96-79(84)66-62-58-54-51-48-45-41-31-28-25-22-19-15-11-7-3/h25,28,31,41,74-76,81H,5-24,26-27,29-30,32-40,42-73H2,1-4H3,(H,86,87)(H,88,89)/b28-25-,41-31-/t74-,75+,76+/m0/s1. The summed E-state index contributed by atoms with van der Waals surface area (Å²) in [5.41, 5.74) is 0. The Balaban J connectivity index is 5.14. The average Bonchev–Trinajstić information content (AvgIpc) is 0.963. The summed E-state index contributed by atoms with van der Waals surface area (Å²) < 4.78 is 68.4. The van der Waals surface area contributed by atoms with E-state index in [1.165, 1.54) is 218 Å². The van der Waals surface area contributed by atoms with E-state index in [2.05, 4.69) is 52.0 Å². The Hall–Kier alpha value is -2.46. The first-order chi connectivity index (χ1) is 48.2. The van der Waals surface area contributed by atoms with Crippen LogP contribution < -0.4 is 0 Å². The second-order valence-corrected chi connectivity index (χ2v) is 31.0. The molecule has 0 bridgehead atoms. The molecule has 0 spiro atoms. The molecule has 17 nitrogen and oxygen atoms in total. The number of hydrogen-bond donors (Lipinski definition) is 3. The van der Waals surface area contributed by atoms with Gasteiger partial charge in [0.1, 0.15) is 19.3 Å². The SMILES string of the molecule is CCCCCC/C=C\C=C/CCCCCCCC(=O)O[C@H](COC(=O)CCCCCCC)COP(=O)(O)OC[C@H](O)COP(=O)(O)OC[C@@H](COC(=O)CCCCCCCCCCCCCCCCCCCC)OC(=O)CCCCCCCCCCCCCCCCCCCCCCC. The zero-order chi connectivity index (χ0) is 72.5. The van der Waals surface area contributed by atoms with Crippen molar-refractivity contribution in [2.45, 2.75) is 425 Å². The Morgan fingerprint density at radius 3 is 0.737 bits per heavy atom. The van der Waals surface area contributed by atoms with Crippen molar-refractivity contribution in [3.63, 3.8) is 0 Å². The van der Waals surface area contributed by atoms with Gasteiger partial charge in [-0.05, 0) is 51.4 Å². The van der Waals surface area contributed by atoms with Crippen molar-refractivity contribution in [1.29, 1.82) is 0 Å². The summed E-state index contributed by atoms with van der Waals surface area (Å²) in [5, 5.41) is 10.6. The van der Waals surface area contributed by atoms with Crippen LogP contribution >= 0.6 is 15.6 Å². The number of ether oxygens (including phenoxy) is 4. The molecule has 584 valence electrons. The third-order valence-electron chi connectivity index (χ3n) is 18.2. The van der Waals surface area contributed by atoms with E-state index in [1.807, 2.05) is 0 Å². The van der Waals surface area contributed by atoms with E-state index < -0.39 is 97.5 Å². The van der Waals surface area contributed by atoms with Crippen LogP contribution in [0.5, 0.6) is 0 Å². The number of rotatable bonds is 79. The van der Waals surface area contributed by atoms with Gasteiger partial charge in [0, 0.05) is 25.7 Å². The van der Waals surface area contributed by atoms with Gasteiger partial charge in [0.2, 0.25) is 0 Å². The number of phosphoric acid groups is 2. The van der Waals surface area contributed by atoms with E-state index in [1.54, 1.807) is 0 Å². The van der Waals surface area contributed by atoms with Crippen molar-refractivity contribution in [1.82, 2.24) is 0 Å². The first-order valence-corrected chi connectivity index (χ1v) is 44.1. The van der Waals surface area contributed by atoms with Crippen LogP contribution in [0.3, 0.4) is 0 Å². The lowest BCUT2D eigenvalue weighted by Gasteiger charge is -2.21.